The lowest BCUT2D eigenvalue weighted by Gasteiger charge is -2.08. The van der Waals surface area contributed by atoms with Gasteiger partial charge >= 0.3 is 0 Å². The minimum absolute atomic E-state index is 1.02. The van der Waals surface area contributed by atoms with Crippen LogP contribution in [0.3, 0.4) is 0 Å². The maximum atomic E-state index is 4.80. The van der Waals surface area contributed by atoms with E-state index in [1.807, 2.05) is 24.7 Å². The number of thiazole rings is 1. The first-order valence-electron chi connectivity index (χ1n) is 12.3. The molecule has 0 N–H and O–H groups in total. The van der Waals surface area contributed by atoms with E-state index in [9.17, 15) is 0 Å². The molecule has 4 nitrogen and oxygen atoms in total. The zero-order chi connectivity index (χ0) is 24.3. The first-order chi connectivity index (χ1) is 18.4. The van der Waals surface area contributed by atoms with Crippen LogP contribution in [-0.4, -0.2) is 19.1 Å². The summed E-state index contributed by atoms with van der Waals surface area (Å²) < 4.78 is 4.71. The topological polar surface area (TPSA) is 35.6 Å². The van der Waals surface area contributed by atoms with E-state index in [1.54, 1.807) is 11.3 Å². The number of para-hydroxylation sites is 2. The van der Waals surface area contributed by atoms with Crippen molar-refractivity contribution in [1.29, 1.82) is 0 Å². The molecule has 0 saturated heterocycles. The van der Waals surface area contributed by atoms with Gasteiger partial charge in [0.15, 0.2) is 0 Å². The third-order valence-electron chi connectivity index (χ3n) is 7.12. The SMILES string of the molecule is c1ccc(-c2ncc(-n3c4ccccc4c4cc5c6ccccc6n(-c6ccncc6)c5cc43)s2)cc1. The Kier molecular flexibility index (Phi) is 4.36. The number of pyridine rings is 1. The van der Waals surface area contributed by atoms with Crippen molar-refractivity contribution in [3.8, 4) is 21.3 Å². The summed E-state index contributed by atoms with van der Waals surface area (Å²) in [6, 6.07) is 36.5. The average Bonchev–Trinajstić information content (AvgIpc) is 3.65. The van der Waals surface area contributed by atoms with Crippen molar-refractivity contribution in [3.63, 3.8) is 0 Å². The monoisotopic (exact) mass is 492 g/mol. The standard InChI is InChI=1S/C32H20N4S/c1-2-8-21(9-3-1)32-34-20-31(37-32)36-28-13-7-5-11-24(28)26-18-25-23-10-4-6-12-27(23)35(29(25)19-30(26)36)22-14-16-33-17-15-22/h1-20H. The molecule has 0 spiro atoms. The lowest BCUT2D eigenvalue weighted by atomic mass is 10.1. The highest BCUT2D eigenvalue weighted by Gasteiger charge is 2.19. The third kappa shape index (κ3) is 3.01. The van der Waals surface area contributed by atoms with Gasteiger partial charge in [-0.25, -0.2) is 4.98 Å². The van der Waals surface area contributed by atoms with E-state index >= 15 is 0 Å². The normalized spacial score (nSPS) is 11.8. The molecule has 8 rings (SSSR count). The van der Waals surface area contributed by atoms with Crippen molar-refractivity contribution >= 4 is 54.9 Å². The van der Waals surface area contributed by atoms with E-state index < -0.39 is 0 Å². The Balaban J connectivity index is 1.49. The summed E-state index contributed by atoms with van der Waals surface area (Å²) in [5, 5.41) is 7.11. The molecule has 8 aromatic rings. The van der Waals surface area contributed by atoms with Crippen LogP contribution in [0.15, 0.2) is 122 Å². The van der Waals surface area contributed by atoms with Gasteiger partial charge < -0.3 is 4.57 Å². The van der Waals surface area contributed by atoms with Crippen molar-refractivity contribution < 1.29 is 0 Å². The molecule has 0 unspecified atom stereocenters. The predicted octanol–water partition coefficient (Wildman–Crippen LogP) is 8.40. The van der Waals surface area contributed by atoms with Gasteiger partial charge in [0.1, 0.15) is 10.0 Å². The number of benzene rings is 4. The Labute approximate surface area is 216 Å². The number of aromatic nitrogens is 4. The van der Waals surface area contributed by atoms with Gasteiger partial charge in [0, 0.05) is 45.2 Å². The van der Waals surface area contributed by atoms with Crippen LogP contribution in [0.1, 0.15) is 0 Å². The van der Waals surface area contributed by atoms with E-state index in [0.29, 0.717) is 0 Å². The molecular weight excluding hydrogens is 472 g/mol. The fourth-order valence-electron chi connectivity index (χ4n) is 5.52. The lowest BCUT2D eigenvalue weighted by molar-refractivity contribution is 1.15. The van der Waals surface area contributed by atoms with Crippen molar-refractivity contribution in [2.75, 3.05) is 0 Å². The number of nitrogens with zero attached hydrogens (tertiary/aromatic N) is 4. The minimum Gasteiger partial charge on any atom is -0.309 e. The molecule has 0 fully saturated rings. The Hall–Kier alpha value is -4.74. The summed E-state index contributed by atoms with van der Waals surface area (Å²) in [7, 11) is 0. The van der Waals surface area contributed by atoms with Crippen molar-refractivity contribution in [2.45, 2.75) is 0 Å². The van der Waals surface area contributed by atoms with Gasteiger partial charge in [0.2, 0.25) is 0 Å². The number of rotatable bonds is 3. The fraction of sp³-hybridized carbons (Fsp3) is 0. The zero-order valence-electron chi connectivity index (χ0n) is 19.7. The van der Waals surface area contributed by atoms with Crippen LogP contribution in [0, 0.1) is 0 Å². The highest BCUT2D eigenvalue weighted by Crippen LogP contribution is 2.40. The van der Waals surface area contributed by atoms with Gasteiger partial charge in [0.05, 0.1) is 28.3 Å². The van der Waals surface area contributed by atoms with E-state index in [-0.39, 0.29) is 0 Å². The Morgan fingerprint density at radius 2 is 1.16 bits per heavy atom. The van der Waals surface area contributed by atoms with Crippen LogP contribution in [0.25, 0.3) is 64.9 Å². The van der Waals surface area contributed by atoms with Crippen molar-refractivity contribution in [2.24, 2.45) is 0 Å². The molecule has 0 bridgehead atoms. The third-order valence-corrected chi connectivity index (χ3v) is 8.15. The average molecular weight is 493 g/mol. The second kappa shape index (κ2) is 7.88. The van der Waals surface area contributed by atoms with Gasteiger partial charge in [-0.2, -0.15) is 0 Å². The molecule has 0 aliphatic rings. The van der Waals surface area contributed by atoms with Crippen LogP contribution >= 0.6 is 11.3 Å². The lowest BCUT2D eigenvalue weighted by Crippen LogP contribution is -1.94. The Morgan fingerprint density at radius 3 is 1.89 bits per heavy atom. The Bertz CT molecular complexity index is 2080. The largest absolute Gasteiger partial charge is 0.309 e. The van der Waals surface area contributed by atoms with Crippen LogP contribution in [0.5, 0.6) is 0 Å². The molecule has 4 aromatic carbocycles. The van der Waals surface area contributed by atoms with Crippen LogP contribution in [0.4, 0.5) is 0 Å². The molecule has 0 aliphatic carbocycles. The second-order valence-electron chi connectivity index (χ2n) is 9.17. The minimum atomic E-state index is 1.02. The molecule has 0 amide bonds. The predicted molar refractivity (Wildman–Crippen MR) is 154 cm³/mol. The molecule has 174 valence electrons. The first-order valence-corrected chi connectivity index (χ1v) is 13.1. The maximum absolute atomic E-state index is 4.80. The van der Waals surface area contributed by atoms with Crippen molar-refractivity contribution in [3.05, 3.63) is 122 Å². The van der Waals surface area contributed by atoms with Gasteiger partial charge in [-0.05, 0) is 36.4 Å². The van der Waals surface area contributed by atoms with Gasteiger partial charge in [-0.3, -0.25) is 9.55 Å². The summed E-state index contributed by atoms with van der Waals surface area (Å²) in [6.07, 6.45) is 5.71. The van der Waals surface area contributed by atoms with E-state index in [2.05, 4.69) is 111 Å². The van der Waals surface area contributed by atoms with Crippen LogP contribution < -0.4 is 0 Å². The molecule has 0 atom stereocenters. The number of fused-ring (bicyclic) bond motifs is 6. The maximum Gasteiger partial charge on any atom is 0.125 e. The molecular formula is C32H20N4S. The number of hydrogen-bond donors (Lipinski definition) is 0. The quantitative estimate of drug-likeness (QED) is 0.248. The van der Waals surface area contributed by atoms with E-state index in [1.165, 1.54) is 43.6 Å². The summed E-state index contributed by atoms with van der Waals surface area (Å²) >= 11 is 1.72. The Morgan fingerprint density at radius 1 is 0.541 bits per heavy atom. The van der Waals surface area contributed by atoms with Crippen LogP contribution in [0.2, 0.25) is 0 Å². The van der Waals surface area contributed by atoms with Crippen LogP contribution in [-0.2, 0) is 0 Å². The highest BCUT2D eigenvalue weighted by atomic mass is 32.1. The van der Waals surface area contributed by atoms with E-state index in [0.717, 1.165) is 21.3 Å². The number of hydrogen-bond acceptors (Lipinski definition) is 3. The summed E-state index contributed by atoms with van der Waals surface area (Å²) in [4.78, 5) is 9.06. The molecule has 0 aliphatic heterocycles. The molecule has 0 radical (unpaired) electrons. The molecule has 0 saturated carbocycles. The van der Waals surface area contributed by atoms with Crippen molar-refractivity contribution in [1.82, 2.24) is 19.1 Å². The fourth-order valence-corrected chi connectivity index (χ4v) is 6.47. The summed E-state index contributed by atoms with van der Waals surface area (Å²) in [5.41, 5.74) is 6.98. The molecule has 4 aromatic heterocycles. The molecule has 37 heavy (non-hydrogen) atoms. The molecule has 5 heteroatoms. The first kappa shape index (κ1) is 20.5. The second-order valence-corrected chi connectivity index (χ2v) is 10.2. The van der Waals surface area contributed by atoms with E-state index in [4.69, 9.17) is 4.98 Å². The zero-order valence-corrected chi connectivity index (χ0v) is 20.6. The smallest absolute Gasteiger partial charge is 0.125 e. The van der Waals surface area contributed by atoms with Gasteiger partial charge in [0.25, 0.3) is 0 Å². The summed E-state index contributed by atoms with van der Waals surface area (Å²) in [5.74, 6) is 0. The summed E-state index contributed by atoms with van der Waals surface area (Å²) in [6.45, 7) is 0. The van der Waals surface area contributed by atoms with Gasteiger partial charge in [-0.1, -0.05) is 78.1 Å². The van der Waals surface area contributed by atoms with Gasteiger partial charge in [-0.15, -0.1) is 0 Å². The molecule has 4 heterocycles. The highest BCUT2D eigenvalue weighted by molar-refractivity contribution is 7.17.